The number of piperazine rings is 1. The lowest BCUT2D eigenvalue weighted by molar-refractivity contribution is -0.138. The molecule has 0 aliphatic carbocycles. The van der Waals surface area contributed by atoms with Crippen molar-refractivity contribution in [2.75, 3.05) is 26.2 Å². The zero-order valence-corrected chi connectivity index (χ0v) is 15.5. The van der Waals surface area contributed by atoms with Crippen LogP contribution >= 0.6 is 36.2 Å². The molecule has 0 spiro atoms. The maximum absolute atomic E-state index is 14.4. The third kappa shape index (κ3) is 4.86. The summed E-state index contributed by atoms with van der Waals surface area (Å²) in [4.78, 5) is 2.64. The van der Waals surface area contributed by atoms with E-state index in [-0.39, 0.29) is 30.4 Å². The van der Waals surface area contributed by atoms with Gasteiger partial charge in [-0.3, -0.25) is 4.90 Å². The number of thiophene rings is 1. The molecule has 0 amide bonds. The highest BCUT2D eigenvalue weighted by Gasteiger charge is 2.39. The van der Waals surface area contributed by atoms with E-state index in [1.807, 2.05) is 4.90 Å². The van der Waals surface area contributed by atoms with Gasteiger partial charge in [0.05, 0.1) is 11.6 Å². The van der Waals surface area contributed by atoms with Crippen LogP contribution in [0.15, 0.2) is 35.7 Å². The Morgan fingerprint density at radius 2 is 1.72 bits per heavy atom. The Kier molecular flexibility index (Phi) is 8.15. The van der Waals surface area contributed by atoms with Gasteiger partial charge in [-0.25, -0.2) is 4.39 Å². The fraction of sp³-hybridized carbons (Fsp3) is 0.375. The second kappa shape index (κ2) is 9.19. The molecule has 25 heavy (non-hydrogen) atoms. The van der Waals surface area contributed by atoms with E-state index >= 15 is 0 Å². The first-order valence-electron chi connectivity index (χ1n) is 7.32. The lowest BCUT2D eigenvalue weighted by atomic mass is 9.96. The third-order valence-corrected chi connectivity index (χ3v) is 4.89. The van der Waals surface area contributed by atoms with Crippen LogP contribution in [-0.4, -0.2) is 31.1 Å². The summed E-state index contributed by atoms with van der Waals surface area (Å²) in [5, 5.41) is 4.98. The second-order valence-corrected chi connectivity index (χ2v) is 6.38. The molecular weight excluding hydrogens is 399 g/mol. The minimum Gasteiger partial charge on any atom is -0.314 e. The van der Waals surface area contributed by atoms with Gasteiger partial charge in [0, 0.05) is 36.6 Å². The number of benzene rings is 1. The Morgan fingerprint density at radius 3 is 2.28 bits per heavy atom. The molecule has 2 nitrogen and oxygen atoms in total. The van der Waals surface area contributed by atoms with E-state index < -0.39 is 23.6 Å². The zero-order valence-electron chi connectivity index (χ0n) is 13.1. The molecule has 2 aromatic rings. The summed E-state index contributed by atoms with van der Waals surface area (Å²) < 4.78 is 54.7. The van der Waals surface area contributed by atoms with Crippen molar-refractivity contribution < 1.29 is 17.6 Å². The summed E-state index contributed by atoms with van der Waals surface area (Å²) in [6.45, 7) is 2.51. The van der Waals surface area contributed by atoms with Crippen molar-refractivity contribution >= 4 is 36.2 Å². The lowest BCUT2D eigenvalue weighted by Gasteiger charge is -2.36. The number of rotatable bonds is 3. The van der Waals surface area contributed by atoms with Gasteiger partial charge in [0.2, 0.25) is 0 Å². The number of halogens is 6. The molecular formula is C16H18Cl2F4N2S. The summed E-state index contributed by atoms with van der Waals surface area (Å²) in [6, 6.07) is 6.02. The van der Waals surface area contributed by atoms with Gasteiger partial charge in [-0.05, 0) is 23.6 Å². The van der Waals surface area contributed by atoms with Crippen LogP contribution < -0.4 is 5.32 Å². The third-order valence-electron chi connectivity index (χ3n) is 3.96. The zero-order chi connectivity index (χ0) is 16.4. The maximum atomic E-state index is 14.4. The van der Waals surface area contributed by atoms with Gasteiger partial charge in [0.15, 0.2) is 0 Å². The van der Waals surface area contributed by atoms with Crippen LogP contribution in [0.5, 0.6) is 0 Å². The van der Waals surface area contributed by atoms with E-state index in [0.717, 1.165) is 23.1 Å². The Morgan fingerprint density at radius 1 is 1.04 bits per heavy atom. The lowest BCUT2D eigenvalue weighted by Crippen LogP contribution is -2.45. The van der Waals surface area contributed by atoms with Crippen molar-refractivity contribution in [1.82, 2.24) is 10.2 Å². The van der Waals surface area contributed by atoms with Crippen molar-refractivity contribution in [3.63, 3.8) is 0 Å². The fourth-order valence-corrected chi connectivity index (χ4v) is 3.82. The average molecular weight is 417 g/mol. The Hall–Kier alpha value is -0.860. The van der Waals surface area contributed by atoms with Crippen LogP contribution in [0.4, 0.5) is 17.6 Å². The highest BCUT2D eigenvalue weighted by atomic mass is 35.5. The molecule has 1 N–H and O–H groups in total. The summed E-state index contributed by atoms with van der Waals surface area (Å²) in [6.07, 6.45) is -4.58. The van der Waals surface area contributed by atoms with Crippen molar-refractivity contribution in [2.24, 2.45) is 0 Å². The minimum absolute atomic E-state index is 0. The molecule has 0 bridgehead atoms. The molecule has 1 aliphatic rings. The monoisotopic (exact) mass is 416 g/mol. The highest BCUT2D eigenvalue weighted by molar-refractivity contribution is 7.10. The van der Waals surface area contributed by atoms with Crippen molar-refractivity contribution in [3.05, 3.63) is 57.5 Å². The first-order chi connectivity index (χ1) is 11.0. The topological polar surface area (TPSA) is 15.3 Å². The molecule has 0 saturated carbocycles. The van der Waals surface area contributed by atoms with Gasteiger partial charge in [0.1, 0.15) is 5.82 Å². The number of nitrogens with zero attached hydrogens (tertiary/aromatic N) is 1. The first kappa shape index (κ1) is 22.2. The first-order valence-corrected chi connectivity index (χ1v) is 8.20. The fourth-order valence-electron chi connectivity index (χ4n) is 2.95. The predicted molar refractivity (Wildman–Crippen MR) is 96.5 cm³/mol. The number of hydrogen-bond donors (Lipinski definition) is 1. The van der Waals surface area contributed by atoms with Crippen LogP contribution in [0, 0.1) is 5.82 Å². The summed E-state index contributed by atoms with van der Waals surface area (Å²) in [7, 11) is 0. The largest absolute Gasteiger partial charge is 0.416 e. The molecule has 1 saturated heterocycles. The highest BCUT2D eigenvalue weighted by Crippen LogP contribution is 2.41. The summed E-state index contributed by atoms with van der Waals surface area (Å²) in [5.41, 5.74) is -1.17. The van der Waals surface area contributed by atoms with Gasteiger partial charge >= 0.3 is 6.18 Å². The molecule has 140 valence electrons. The van der Waals surface area contributed by atoms with Crippen LogP contribution in [-0.2, 0) is 6.18 Å². The van der Waals surface area contributed by atoms with Gasteiger partial charge in [-0.15, -0.1) is 36.2 Å². The second-order valence-electron chi connectivity index (χ2n) is 5.40. The van der Waals surface area contributed by atoms with E-state index in [9.17, 15) is 17.6 Å². The predicted octanol–water partition coefficient (Wildman–Crippen LogP) is 4.74. The molecule has 1 aliphatic heterocycles. The molecule has 1 aromatic heterocycles. The number of nitrogens with one attached hydrogen (secondary N) is 1. The molecule has 1 fully saturated rings. The summed E-state index contributed by atoms with van der Waals surface area (Å²) in [5.74, 6) is -0.809. The van der Waals surface area contributed by atoms with E-state index in [1.165, 1.54) is 11.3 Å². The summed E-state index contributed by atoms with van der Waals surface area (Å²) >= 11 is 1.35. The SMILES string of the molecule is Cl.Cl.Fc1cccc(C(F)(F)F)c1[C@H](c1cccs1)N1CCNCC1. The van der Waals surface area contributed by atoms with Crippen LogP contribution in [0.1, 0.15) is 22.0 Å². The Labute approximate surface area is 160 Å². The minimum atomic E-state index is -4.58. The van der Waals surface area contributed by atoms with Gasteiger partial charge in [-0.2, -0.15) is 13.2 Å². The smallest absolute Gasteiger partial charge is 0.314 e. The van der Waals surface area contributed by atoms with Crippen molar-refractivity contribution in [3.8, 4) is 0 Å². The van der Waals surface area contributed by atoms with Crippen LogP contribution in [0.3, 0.4) is 0 Å². The van der Waals surface area contributed by atoms with Gasteiger partial charge in [0.25, 0.3) is 0 Å². The Balaban J connectivity index is 0.00000156. The quantitative estimate of drug-likeness (QED) is 0.726. The molecule has 1 atom stereocenters. The maximum Gasteiger partial charge on any atom is 0.416 e. The van der Waals surface area contributed by atoms with E-state index in [4.69, 9.17) is 0 Å². The molecule has 1 aromatic carbocycles. The average Bonchev–Trinajstić information content (AvgIpc) is 3.03. The van der Waals surface area contributed by atoms with Gasteiger partial charge in [-0.1, -0.05) is 12.1 Å². The molecule has 3 rings (SSSR count). The number of hydrogen-bond acceptors (Lipinski definition) is 3. The number of alkyl halides is 3. The van der Waals surface area contributed by atoms with Crippen LogP contribution in [0.2, 0.25) is 0 Å². The Bertz CT molecular complexity index is 659. The van der Waals surface area contributed by atoms with Crippen molar-refractivity contribution in [1.29, 1.82) is 0 Å². The van der Waals surface area contributed by atoms with Crippen molar-refractivity contribution in [2.45, 2.75) is 12.2 Å². The molecule has 2 heterocycles. The van der Waals surface area contributed by atoms with E-state index in [2.05, 4.69) is 5.32 Å². The normalized spacial score (nSPS) is 16.6. The standard InChI is InChI=1S/C16H16F4N2S.2ClH/c17-12-4-1-3-11(16(18,19)20)14(12)15(13-5-2-10-23-13)22-8-6-21-7-9-22;;/h1-5,10,15,21H,6-9H2;2*1H/t15-;;/m0../s1. The van der Waals surface area contributed by atoms with Crippen LogP contribution in [0.25, 0.3) is 0 Å². The molecule has 0 radical (unpaired) electrons. The molecule has 9 heteroatoms. The molecule has 0 unspecified atom stereocenters. The van der Waals surface area contributed by atoms with E-state index in [1.54, 1.807) is 17.5 Å². The van der Waals surface area contributed by atoms with E-state index in [0.29, 0.717) is 26.2 Å². The van der Waals surface area contributed by atoms with Gasteiger partial charge < -0.3 is 5.32 Å².